The smallest absolute Gasteiger partial charge is 0.330 e. The van der Waals surface area contributed by atoms with Gasteiger partial charge < -0.3 is 9.22 Å². The lowest BCUT2D eigenvalue weighted by molar-refractivity contribution is -0.921. The lowest BCUT2D eigenvalue weighted by Crippen LogP contribution is -2.45. The number of carbonyl (C=O) groups excluding carboxylic acids is 1. The maximum atomic E-state index is 11.0. The van der Waals surface area contributed by atoms with Crippen molar-refractivity contribution < 1.29 is 14.0 Å². The molecule has 1 atom stereocenters. The highest BCUT2D eigenvalue weighted by Gasteiger charge is 2.20. The first kappa shape index (κ1) is 15.7. The number of ether oxygens (including phenoxy) is 1. The number of benzene rings is 1. The zero-order valence-electron chi connectivity index (χ0n) is 11.6. The van der Waals surface area contributed by atoms with E-state index in [2.05, 4.69) is 26.6 Å². The Balaban J connectivity index is 2.59. The normalized spacial score (nSPS) is 13.6. The molecular formula is C15H21ClNO2+. The molecule has 0 heterocycles. The molecule has 0 aromatic heterocycles. The lowest BCUT2D eigenvalue weighted by Gasteiger charge is -2.33. The Morgan fingerprint density at radius 3 is 2.84 bits per heavy atom. The van der Waals surface area contributed by atoms with Crippen LogP contribution >= 0.6 is 11.6 Å². The van der Waals surface area contributed by atoms with Crippen LogP contribution < -0.4 is 0 Å². The van der Waals surface area contributed by atoms with Crippen LogP contribution in [0.1, 0.15) is 12.5 Å². The van der Waals surface area contributed by atoms with Crippen LogP contribution in [-0.2, 0) is 16.1 Å². The average Bonchev–Trinajstić information content (AvgIpc) is 2.38. The molecule has 0 saturated heterocycles. The maximum absolute atomic E-state index is 11.0. The molecule has 1 aromatic rings. The van der Waals surface area contributed by atoms with Crippen LogP contribution in [0.4, 0.5) is 0 Å². The number of hydrogen-bond acceptors (Lipinski definition) is 2. The van der Waals surface area contributed by atoms with Crippen LogP contribution in [-0.4, -0.2) is 37.2 Å². The summed E-state index contributed by atoms with van der Waals surface area (Å²) in [5.41, 5.74) is 1.19. The van der Waals surface area contributed by atoms with Crippen LogP contribution in [0.15, 0.2) is 36.9 Å². The minimum Gasteiger partial charge on any atom is -0.457 e. The number of likely N-dealkylation sites (N-methyl/N-ethyl adjacent to an activating group) is 1. The molecule has 0 spiro atoms. The van der Waals surface area contributed by atoms with E-state index in [1.54, 1.807) is 0 Å². The summed E-state index contributed by atoms with van der Waals surface area (Å²) in [7, 11) is 2.14. The van der Waals surface area contributed by atoms with Gasteiger partial charge in [0.15, 0.2) is 0 Å². The highest BCUT2D eigenvalue weighted by atomic mass is 35.5. The third-order valence-corrected chi connectivity index (χ3v) is 3.49. The van der Waals surface area contributed by atoms with Crippen molar-refractivity contribution in [2.24, 2.45) is 0 Å². The second kappa shape index (κ2) is 7.31. The zero-order valence-corrected chi connectivity index (χ0v) is 12.3. The van der Waals surface area contributed by atoms with Crippen molar-refractivity contribution in [1.82, 2.24) is 0 Å². The SMILES string of the molecule is C=CC(=O)OCC[N+](C)(CC)Cc1cccc(Cl)c1. The van der Waals surface area contributed by atoms with Crippen molar-refractivity contribution in [3.8, 4) is 0 Å². The minimum absolute atomic E-state index is 0.370. The Labute approximate surface area is 120 Å². The molecule has 1 rings (SSSR count). The molecule has 0 amide bonds. The van der Waals surface area contributed by atoms with E-state index in [4.69, 9.17) is 16.3 Å². The Morgan fingerprint density at radius 1 is 1.53 bits per heavy atom. The molecule has 19 heavy (non-hydrogen) atoms. The molecule has 0 saturated carbocycles. The van der Waals surface area contributed by atoms with Gasteiger partial charge in [0.1, 0.15) is 19.7 Å². The zero-order chi connectivity index (χ0) is 14.3. The monoisotopic (exact) mass is 282 g/mol. The molecule has 0 aliphatic carbocycles. The van der Waals surface area contributed by atoms with Gasteiger partial charge in [-0.15, -0.1) is 0 Å². The first-order chi connectivity index (χ1) is 8.99. The van der Waals surface area contributed by atoms with E-state index < -0.39 is 0 Å². The quantitative estimate of drug-likeness (QED) is 0.436. The topological polar surface area (TPSA) is 26.3 Å². The van der Waals surface area contributed by atoms with Gasteiger partial charge in [0.25, 0.3) is 0 Å². The summed E-state index contributed by atoms with van der Waals surface area (Å²) in [5.74, 6) is -0.370. The molecule has 0 aliphatic heterocycles. The van der Waals surface area contributed by atoms with Gasteiger partial charge in [-0.2, -0.15) is 0 Å². The van der Waals surface area contributed by atoms with Crippen molar-refractivity contribution >= 4 is 17.6 Å². The fourth-order valence-electron chi connectivity index (χ4n) is 1.85. The summed E-state index contributed by atoms with van der Waals surface area (Å²) in [5, 5.41) is 0.748. The first-order valence-electron chi connectivity index (χ1n) is 6.36. The molecule has 0 bridgehead atoms. The Morgan fingerprint density at radius 2 is 2.26 bits per heavy atom. The van der Waals surface area contributed by atoms with Crippen LogP contribution in [0.2, 0.25) is 5.02 Å². The number of hydrogen-bond donors (Lipinski definition) is 0. The molecular weight excluding hydrogens is 262 g/mol. The number of halogens is 1. The molecule has 1 unspecified atom stereocenters. The van der Waals surface area contributed by atoms with E-state index in [1.807, 2.05) is 18.2 Å². The van der Waals surface area contributed by atoms with E-state index in [9.17, 15) is 4.79 Å². The Kier molecular flexibility index (Phi) is 6.06. The first-order valence-corrected chi connectivity index (χ1v) is 6.74. The van der Waals surface area contributed by atoms with Crippen molar-refractivity contribution in [2.75, 3.05) is 26.7 Å². The molecule has 4 heteroatoms. The summed E-state index contributed by atoms with van der Waals surface area (Å²) in [6.07, 6.45) is 1.19. The second-order valence-corrected chi connectivity index (χ2v) is 5.26. The van der Waals surface area contributed by atoms with Gasteiger partial charge in [-0.1, -0.05) is 30.3 Å². The molecule has 104 valence electrons. The number of nitrogens with zero attached hydrogens (tertiary/aromatic N) is 1. The number of carbonyl (C=O) groups is 1. The molecule has 1 aromatic carbocycles. The van der Waals surface area contributed by atoms with Crippen molar-refractivity contribution in [3.63, 3.8) is 0 Å². The molecule has 0 radical (unpaired) electrons. The summed E-state index contributed by atoms with van der Waals surface area (Å²) < 4.78 is 5.85. The lowest BCUT2D eigenvalue weighted by atomic mass is 10.2. The van der Waals surface area contributed by atoms with Gasteiger partial charge in [0, 0.05) is 16.7 Å². The largest absolute Gasteiger partial charge is 0.457 e. The molecule has 0 fully saturated rings. The standard InChI is InChI=1S/C15H21ClNO2/c1-4-15(18)19-10-9-17(3,5-2)12-13-7-6-8-14(16)11-13/h4,6-8,11H,1,5,9-10,12H2,2-3H3/q+1. The van der Waals surface area contributed by atoms with E-state index in [0.717, 1.165) is 29.1 Å². The van der Waals surface area contributed by atoms with E-state index in [1.165, 1.54) is 11.6 Å². The summed E-state index contributed by atoms with van der Waals surface area (Å²) >= 11 is 5.99. The third kappa shape index (κ3) is 5.45. The fourth-order valence-corrected chi connectivity index (χ4v) is 2.06. The average molecular weight is 283 g/mol. The van der Waals surface area contributed by atoms with Crippen molar-refractivity contribution in [1.29, 1.82) is 0 Å². The van der Waals surface area contributed by atoms with Crippen molar-refractivity contribution in [3.05, 3.63) is 47.5 Å². The Hall–Kier alpha value is -1.32. The summed E-state index contributed by atoms with van der Waals surface area (Å²) in [6.45, 7) is 8.49. The third-order valence-electron chi connectivity index (χ3n) is 3.26. The van der Waals surface area contributed by atoms with Gasteiger partial charge >= 0.3 is 5.97 Å². The van der Waals surface area contributed by atoms with Gasteiger partial charge in [-0.25, -0.2) is 4.79 Å². The number of quaternary nitrogens is 1. The summed E-state index contributed by atoms with van der Waals surface area (Å²) in [4.78, 5) is 11.0. The molecule has 0 N–H and O–H groups in total. The predicted molar refractivity (Wildman–Crippen MR) is 77.9 cm³/mol. The number of esters is 1. The fraction of sp³-hybridized carbons (Fsp3) is 0.400. The van der Waals surface area contributed by atoms with E-state index in [-0.39, 0.29) is 5.97 Å². The van der Waals surface area contributed by atoms with Gasteiger partial charge in [0.05, 0.1) is 13.6 Å². The second-order valence-electron chi connectivity index (χ2n) is 4.82. The van der Waals surface area contributed by atoms with Crippen molar-refractivity contribution in [2.45, 2.75) is 13.5 Å². The minimum atomic E-state index is -0.370. The predicted octanol–water partition coefficient (Wildman–Crippen LogP) is 3.04. The Bertz CT molecular complexity index is 448. The van der Waals surface area contributed by atoms with Gasteiger partial charge in [-0.3, -0.25) is 0 Å². The van der Waals surface area contributed by atoms with Gasteiger partial charge in [-0.05, 0) is 19.1 Å². The molecule has 0 aliphatic rings. The van der Waals surface area contributed by atoms with Gasteiger partial charge in [0.2, 0.25) is 0 Å². The molecule has 3 nitrogen and oxygen atoms in total. The number of rotatable bonds is 7. The van der Waals surface area contributed by atoms with Crippen LogP contribution in [0.25, 0.3) is 0 Å². The maximum Gasteiger partial charge on any atom is 0.330 e. The van der Waals surface area contributed by atoms with Crippen LogP contribution in [0.5, 0.6) is 0 Å². The summed E-state index contributed by atoms with van der Waals surface area (Å²) in [6, 6.07) is 7.86. The van der Waals surface area contributed by atoms with E-state index in [0.29, 0.717) is 6.61 Å². The highest BCUT2D eigenvalue weighted by molar-refractivity contribution is 6.30. The highest BCUT2D eigenvalue weighted by Crippen LogP contribution is 2.16. The van der Waals surface area contributed by atoms with Crippen LogP contribution in [0, 0.1) is 0 Å². The van der Waals surface area contributed by atoms with Crippen LogP contribution in [0.3, 0.4) is 0 Å². The van der Waals surface area contributed by atoms with E-state index >= 15 is 0 Å².